The van der Waals surface area contributed by atoms with E-state index in [1.807, 2.05) is 23.1 Å². The van der Waals surface area contributed by atoms with Crippen molar-refractivity contribution in [3.05, 3.63) is 181 Å². The third-order valence-electron chi connectivity index (χ3n) is 10.5. The highest BCUT2D eigenvalue weighted by Gasteiger charge is 2.19. The van der Waals surface area contributed by atoms with Crippen molar-refractivity contribution in [2.75, 3.05) is 5.73 Å². The lowest BCUT2D eigenvalue weighted by Gasteiger charge is -2.16. The Kier molecular flexibility index (Phi) is 8.01. The number of nitrogens with zero attached hydrogens (tertiary/aromatic N) is 1. The van der Waals surface area contributed by atoms with Gasteiger partial charge in [0.2, 0.25) is 0 Å². The molecule has 0 amide bonds. The lowest BCUT2D eigenvalue weighted by atomic mass is 9.97. The summed E-state index contributed by atoms with van der Waals surface area (Å²) in [5.41, 5.74) is 20.3. The lowest BCUT2D eigenvalue weighted by molar-refractivity contribution is 1.04. The van der Waals surface area contributed by atoms with E-state index in [0.29, 0.717) is 0 Å². The van der Waals surface area contributed by atoms with Gasteiger partial charge in [0.1, 0.15) is 0 Å². The van der Waals surface area contributed by atoms with Gasteiger partial charge < -0.3 is 10.3 Å². The molecular formula is C49H36N2S2. The fourth-order valence-electron chi connectivity index (χ4n) is 7.90. The van der Waals surface area contributed by atoms with Crippen molar-refractivity contribution in [3.8, 4) is 27.9 Å². The Balaban J connectivity index is 1.04. The van der Waals surface area contributed by atoms with E-state index in [2.05, 4.69) is 174 Å². The first-order chi connectivity index (χ1) is 26.2. The Hall–Kier alpha value is -5.81. The summed E-state index contributed by atoms with van der Waals surface area (Å²) in [4.78, 5) is 1.17. The summed E-state index contributed by atoms with van der Waals surface area (Å²) in [5, 5.41) is 4.94. The van der Waals surface area contributed by atoms with Crippen LogP contribution < -0.4 is 5.73 Å². The molecule has 2 heterocycles. The normalized spacial score (nSPS) is 13.0. The van der Waals surface area contributed by atoms with Crippen LogP contribution in [0.5, 0.6) is 0 Å². The zero-order chi connectivity index (χ0) is 35.3. The van der Waals surface area contributed by atoms with Gasteiger partial charge in [-0.05, 0) is 100 Å². The van der Waals surface area contributed by atoms with Crippen LogP contribution in [0.25, 0.3) is 75.5 Å². The zero-order valence-corrected chi connectivity index (χ0v) is 30.8. The summed E-state index contributed by atoms with van der Waals surface area (Å²) in [6.07, 6.45) is 9.07. The number of hydrogen-bond acceptors (Lipinski definition) is 3. The molecule has 10 rings (SSSR count). The molecule has 0 spiro atoms. The van der Waals surface area contributed by atoms with E-state index in [-0.39, 0.29) is 0 Å². The van der Waals surface area contributed by atoms with E-state index < -0.39 is 0 Å². The quantitative estimate of drug-likeness (QED) is 0.131. The van der Waals surface area contributed by atoms with Gasteiger partial charge in [-0.25, -0.2) is 0 Å². The second kappa shape index (κ2) is 13.3. The number of benzene rings is 7. The summed E-state index contributed by atoms with van der Waals surface area (Å²) in [5.74, 6) is 0.829. The van der Waals surface area contributed by atoms with Crippen LogP contribution in [0.4, 0.5) is 5.69 Å². The number of rotatable bonds is 7. The molecule has 0 fully saturated rings. The molecule has 2 nitrogen and oxygen atoms in total. The smallest absolute Gasteiger partial charge is 0.0553 e. The number of nitrogen functional groups attached to an aromatic ring is 1. The van der Waals surface area contributed by atoms with Gasteiger partial charge in [-0.15, -0.1) is 23.1 Å². The van der Waals surface area contributed by atoms with Gasteiger partial charge in [-0.2, -0.15) is 0 Å². The Morgan fingerprint density at radius 2 is 1.23 bits per heavy atom. The molecule has 1 aliphatic rings. The van der Waals surface area contributed by atoms with Crippen molar-refractivity contribution in [1.29, 1.82) is 0 Å². The molecule has 2 aromatic heterocycles. The number of hydrogen-bond donors (Lipinski definition) is 1. The van der Waals surface area contributed by atoms with Crippen LogP contribution in [0.15, 0.2) is 175 Å². The van der Waals surface area contributed by atoms with Crippen LogP contribution in [0, 0.1) is 0 Å². The Labute approximate surface area is 317 Å². The number of thiophene rings is 1. The monoisotopic (exact) mass is 716 g/mol. The first-order valence-corrected chi connectivity index (χ1v) is 20.0. The maximum Gasteiger partial charge on any atom is 0.0553 e. The molecule has 7 aromatic carbocycles. The van der Waals surface area contributed by atoms with Gasteiger partial charge in [0.15, 0.2) is 0 Å². The largest absolute Gasteiger partial charge is 0.397 e. The van der Waals surface area contributed by atoms with Crippen molar-refractivity contribution in [2.45, 2.75) is 23.5 Å². The minimum absolute atomic E-state index is 0.829. The number of aromatic nitrogens is 1. The number of nitrogens with two attached hydrogens (primary N) is 1. The minimum atomic E-state index is 0.829. The van der Waals surface area contributed by atoms with E-state index in [1.165, 1.54) is 85.8 Å². The average Bonchev–Trinajstić information content (AvgIpc) is 3.77. The minimum Gasteiger partial charge on any atom is -0.397 e. The van der Waals surface area contributed by atoms with Crippen molar-refractivity contribution in [1.82, 2.24) is 4.57 Å². The lowest BCUT2D eigenvalue weighted by Crippen LogP contribution is -1.97. The molecule has 9 aromatic rings. The Morgan fingerprint density at radius 3 is 1.87 bits per heavy atom. The second-order valence-electron chi connectivity index (χ2n) is 13.8. The SMILES string of the molecule is Nc1c(SCc2ccc(-n3c4ccc(-c5ccccc5)cc4c4cc(-c5ccccc5)ccc43)cc2)c(C2=CCCC=C2)cc2sc3ccccc3c12. The molecule has 0 aliphatic heterocycles. The molecule has 0 radical (unpaired) electrons. The number of thioether (sulfide) groups is 1. The summed E-state index contributed by atoms with van der Waals surface area (Å²) in [7, 11) is 0. The molecule has 2 N–H and O–H groups in total. The first kappa shape index (κ1) is 31.9. The number of allylic oxidation sites excluding steroid dienone is 4. The van der Waals surface area contributed by atoms with E-state index in [0.717, 1.165) is 30.0 Å². The molecule has 4 heteroatoms. The van der Waals surface area contributed by atoms with Crippen LogP contribution in [0.3, 0.4) is 0 Å². The standard InChI is InChI=1S/C49H36N2S2/c50-48-47-39-18-10-11-19-45(39)53-46(47)30-40(35-16-8-3-9-17-35)49(48)52-31-32-20-24-38(25-21-32)51-43-26-22-36(33-12-4-1-5-13-33)28-41(43)42-29-37(23-27-44(42)51)34-14-6-2-7-15-34/h1-2,4-8,10-30H,3,9,31,50H2. The van der Waals surface area contributed by atoms with Crippen LogP contribution in [0.2, 0.25) is 0 Å². The third kappa shape index (κ3) is 5.66. The predicted octanol–water partition coefficient (Wildman–Crippen LogP) is 14.1. The van der Waals surface area contributed by atoms with Crippen molar-refractivity contribution >= 4 is 76.3 Å². The Bertz CT molecular complexity index is 2780. The molecule has 0 unspecified atom stereocenters. The molecular weight excluding hydrogens is 681 g/mol. The van der Waals surface area contributed by atoms with Crippen molar-refractivity contribution in [3.63, 3.8) is 0 Å². The molecule has 0 atom stereocenters. The van der Waals surface area contributed by atoms with Crippen molar-refractivity contribution < 1.29 is 0 Å². The number of anilines is 1. The van der Waals surface area contributed by atoms with Gasteiger partial charge >= 0.3 is 0 Å². The fraction of sp³-hybridized carbons (Fsp3) is 0.0612. The second-order valence-corrected chi connectivity index (χ2v) is 15.8. The highest BCUT2D eigenvalue weighted by atomic mass is 32.2. The first-order valence-electron chi connectivity index (χ1n) is 18.2. The molecule has 0 bridgehead atoms. The van der Waals surface area contributed by atoms with Gasteiger partial charge in [-0.1, -0.05) is 121 Å². The topological polar surface area (TPSA) is 30.9 Å². The number of fused-ring (bicyclic) bond motifs is 6. The van der Waals surface area contributed by atoms with E-state index in [1.54, 1.807) is 0 Å². The molecule has 1 aliphatic carbocycles. The average molecular weight is 717 g/mol. The highest BCUT2D eigenvalue weighted by molar-refractivity contribution is 7.98. The highest BCUT2D eigenvalue weighted by Crippen LogP contribution is 2.46. The van der Waals surface area contributed by atoms with Crippen LogP contribution in [-0.4, -0.2) is 4.57 Å². The molecule has 254 valence electrons. The van der Waals surface area contributed by atoms with Gasteiger partial charge in [0, 0.05) is 47.3 Å². The molecule has 0 saturated heterocycles. The summed E-state index contributed by atoms with van der Waals surface area (Å²) in [6, 6.07) is 55.2. The van der Waals surface area contributed by atoms with Gasteiger partial charge in [0.05, 0.1) is 16.7 Å². The van der Waals surface area contributed by atoms with E-state index in [9.17, 15) is 0 Å². The van der Waals surface area contributed by atoms with E-state index >= 15 is 0 Å². The summed E-state index contributed by atoms with van der Waals surface area (Å²) in [6.45, 7) is 0. The van der Waals surface area contributed by atoms with E-state index in [4.69, 9.17) is 5.73 Å². The maximum atomic E-state index is 7.12. The maximum absolute atomic E-state index is 7.12. The zero-order valence-electron chi connectivity index (χ0n) is 29.1. The van der Waals surface area contributed by atoms with Crippen molar-refractivity contribution in [2.24, 2.45) is 0 Å². The molecule has 53 heavy (non-hydrogen) atoms. The molecule has 0 saturated carbocycles. The van der Waals surface area contributed by atoms with Gasteiger partial charge in [-0.3, -0.25) is 0 Å². The predicted molar refractivity (Wildman–Crippen MR) is 231 cm³/mol. The third-order valence-corrected chi connectivity index (χ3v) is 12.8. The van der Waals surface area contributed by atoms with Gasteiger partial charge in [0.25, 0.3) is 0 Å². The van der Waals surface area contributed by atoms with Crippen LogP contribution in [0.1, 0.15) is 24.0 Å². The Morgan fingerprint density at radius 1 is 0.585 bits per heavy atom. The summed E-state index contributed by atoms with van der Waals surface area (Å²) >= 11 is 3.69. The summed E-state index contributed by atoms with van der Waals surface area (Å²) < 4.78 is 4.95. The van der Waals surface area contributed by atoms with Crippen LogP contribution in [-0.2, 0) is 5.75 Å². The fourth-order valence-corrected chi connectivity index (χ4v) is 10.2. The van der Waals surface area contributed by atoms with Crippen LogP contribution >= 0.6 is 23.1 Å².